The van der Waals surface area contributed by atoms with Crippen molar-refractivity contribution in [1.29, 1.82) is 0 Å². The molecule has 7 nitrogen and oxygen atoms in total. The number of hydrogen-bond donors (Lipinski definition) is 2. The third kappa shape index (κ3) is 6.31. The van der Waals surface area contributed by atoms with E-state index in [1.54, 1.807) is 13.2 Å². The van der Waals surface area contributed by atoms with Crippen LogP contribution in [0.4, 0.5) is 13.2 Å². The van der Waals surface area contributed by atoms with Gasteiger partial charge < -0.3 is 10.6 Å². The first-order valence-corrected chi connectivity index (χ1v) is 11.4. The van der Waals surface area contributed by atoms with Gasteiger partial charge in [-0.3, -0.25) is 9.98 Å². The highest BCUT2D eigenvalue weighted by Gasteiger charge is 2.50. The molecule has 2 rings (SSSR count). The van der Waals surface area contributed by atoms with Crippen LogP contribution in [0, 0.1) is 11.8 Å². The Morgan fingerprint density at radius 3 is 2.47 bits per heavy atom. The van der Waals surface area contributed by atoms with Crippen LogP contribution in [-0.4, -0.2) is 62.4 Å². The predicted molar refractivity (Wildman–Crippen MR) is 110 cm³/mol. The molecule has 1 fully saturated rings. The van der Waals surface area contributed by atoms with Gasteiger partial charge in [-0.25, -0.2) is 8.42 Å². The van der Waals surface area contributed by atoms with Crippen LogP contribution in [0.1, 0.15) is 38.2 Å². The monoisotopic (exact) mass is 449 g/mol. The number of alkyl halides is 3. The largest absolute Gasteiger partial charge is 0.511 e. The zero-order valence-electron chi connectivity index (χ0n) is 17.5. The smallest absolute Gasteiger partial charge is 0.356 e. The molecular formula is C19H30F3N5O2S. The molecule has 11 heteroatoms. The number of guanidine groups is 1. The van der Waals surface area contributed by atoms with Crippen LogP contribution in [0.15, 0.2) is 29.5 Å². The van der Waals surface area contributed by atoms with Crippen molar-refractivity contribution >= 4 is 16.0 Å². The van der Waals surface area contributed by atoms with E-state index in [9.17, 15) is 21.6 Å². The molecule has 0 radical (unpaired) electrons. The average molecular weight is 450 g/mol. The highest BCUT2D eigenvalue weighted by molar-refractivity contribution is 7.90. The van der Waals surface area contributed by atoms with Crippen molar-refractivity contribution < 1.29 is 21.6 Å². The summed E-state index contributed by atoms with van der Waals surface area (Å²) in [6, 6.07) is 3.95. The van der Waals surface area contributed by atoms with Crippen molar-refractivity contribution in [3.63, 3.8) is 0 Å². The predicted octanol–water partition coefficient (Wildman–Crippen LogP) is 2.55. The maximum Gasteiger partial charge on any atom is 0.511 e. The lowest BCUT2D eigenvalue weighted by Gasteiger charge is -2.32. The lowest BCUT2D eigenvalue weighted by molar-refractivity contribution is -0.0496. The second-order valence-electron chi connectivity index (χ2n) is 7.76. The first kappa shape index (κ1) is 24.4. The minimum Gasteiger partial charge on any atom is -0.356 e. The zero-order chi connectivity index (χ0) is 22.4. The van der Waals surface area contributed by atoms with Crippen molar-refractivity contribution in [2.75, 3.05) is 33.2 Å². The third-order valence-corrected chi connectivity index (χ3v) is 7.02. The summed E-state index contributed by atoms with van der Waals surface area (Å²) in [5.74, 6) is 1.31. The average Bonchev–Trinajstić information content (AvgIpc) is 2.70. The third-order valence-electron chi connectivity index (χ3n) is 5.39. The fourth-order valence-corrected chi connectivity index (χ4v) is 4.49. The Bertz CT molecular complexity index is 792. The summed E-state index contributed by atoms with van der Waals surface area (Å²) in [4.78, 5) is 8.39. The van der Waals surface area contributed by atoms with E-state index < -0.39 is 15.5 Å². The van der Waals surface area contributed by atoms with Crippen LogP contribution in [0.2, 0.25) is 0 Å². The Kier molecular flexibility index (Phi) is 8.48. The van der Waals surface area contributed by atoms with Gasteiger partial charge in [0.15, 0.2) is 5.96 Å². The minimum absolute atomic E-state index is 0.0717. The van der Waals surface area contributed by atoms with Crippen molar-refractivity contribution in [3.05, 3.63) is 30.1 Å². The maximum atomic E-state index is 12.7. The first-order chi connectivity index (χ1) is 14.1. The van der Waals surface area contributed by atoms with Gasteiger partial charge in [0.1, 0.15) is 0 Å². The minimum atomic E-state index is -5.24. The van der Waals surface area contributed by atoms with Gasteiger partial charge in [0.2, 0.25) is 0 Å². The molecule has 2 heterocycles. The molecule has 1 unspecified atom stereocenters. The normalized spacial score (nSPS) is 18.4. The van der Waals surface area contributed by atoms with Gasteiger partial charge in [0.05, 0.1) is 0 Å². The van der Waals surface area contributed by atoms with Crippen LogP contribution in [0.5, 0.6) is 0 Å². The van der Waals surface area contributed by atoms with E-state index in [0.29, 0.717) is 42.1 Å². The number of hydrogen-bond acceptors (Lipinski definition) is 4. The van der Waals surface area contributed by atoms with Crippen LogP contribution >= 0.6 is 0 Å². The van der Waals surface area contributed by atoms with Gasteiger partial charge in [-0.05, 0) is 36.3 Å². The number of halogens is 3. The maximum absolute atomic E-state index is 12.7. The Morgan fingerprint density at radius 1 is 1.30 bits per heavy atom. The number of piperidine rings is 1. The Balaban J connectivity index is 1.83. The molecule has 30 heavy (non-hydrogen) atoms. The molecule has 0 aromatic carbocycles. The highest BCUT2D eigenvalue weighted by Crippen LogP contribution is 2.30. The summed E-state index contributed by atoms with van der Waals surface area (Å²) in [6.45, 7) is 5.19. The number of pyridine rings is 1. The number of aliphatic imine (C=N–C) groups is 1. The van der Waals surface area contributed by atoms with Gasteiger partial charge >= 0.3 is 15.5 Å². The molecule has 0 amide bonds. The van der Waals surface area contributed by atoms with E-state index >= 15 is 0 Å². The summed E-state index contributed by atoms with van der Waals surface area (Å²) >= 11 is 0. The van der Waals surface area contributed by atoms with Crippen molar-refractivity contribution in [2.45, 2.75) is 38.1 Å². The fourth-order valence-electron chi connectivity index (χ4n) is 3.50. The lowest BCUT2D eigenvalue weighted by atomic mass is 9.89. The van der Waals surface area contributed by atoms with E-state index in [2.05, 4.69) is 34.5 Å². The second-order valence-corrected chi connectivity index (χ2v) is 9.69. The van der Waals surface area contributed by atoms with Crippen molar-refractivity contribution in [2.24, 2.45) is 16.8 Å². The molecular weight excluding hydrogens is 419 g/mol. The molecule has 1 saturated heterocycles. The van der Waals surface area contributed by atoms with Gasteiger partial charge in [-0.1, -0.05) is 19.9 Å². The van der Waals surface area contributed by atoms with E-state index in [1.807, 2.05) is 18.3 Å². The van der Waals surface area contributed by atoms with Crippen LogP contribution < -0.4 is 10.6 Å². The molecule has 2 N–H and O–H groups in total. The van der Waals surface area contributed by atoms with E-state index in [-0.39, 0.29) is 24.9 Å². The molecule has 1 aliphatic heterocycles. The number of rotatable bonds is 7. The molecule has 0 aliphatic carbocycles. The molecule has 1 aliphatic rings. The Hall–Kier alpha value is -1.88. The van der Waals surface area contributed by atoms with Crippen LogP contribution in [-0.2, 0) is 10.0 Å². The fraction of sp³-hybridized carbons (Fsp3) is 0.684. The SMILES string of the molecule is CN=C(NCC1CCN(S(=O)(=O)C(F)(F)F)CC1)NCC(c1cccnc1)C(C)C. The number of nitrogens with zero attached hydrogens (tertiary/aromatic N) is 3. The topological polar surface area (TPSA) is 86.7 Å². The standard InChI is InChI=1S/C19H30F3N5O2S/c1-14(2)17(16-5-4-8-24-12-16)13-26-18(23-3)25-11-15-6-9-27(10-7-15)30(28,29)19(20,21)22/h4-5,8,12,14-15,17H,6-7,9-11,13H2,1-3H3,(H2,23,25,26). The lowest BCUT2D eigenvalue weighted by Crippen LogP contribution is -2.47. The molecule has 1 atom stereocenters. The molecule has 0 saturated carbocycles. The van der Waals surface area contributed by atoms with Gasteiger partial charge in [-0.2, -0.15) is 17.5 Å². The summed E-state index contributed by atoms with van der Waals surface area (Å²) in [7, 11) is -3.58. The summed E-state index contributed by atoms with van der Waals surface area (Å²) in [5, 5.41) is 6.50. The molecule has 170 valence electrons. The first-order valence-electron chi connectivity index (χ1n) is 9.97. The highest BCUT2D eigenvalue weighted by atomic mass is 32.2. The number of aromatic nitrogens is 1. The number of nitrogens with one attached hydrogen (secondary N) is 2. The second kappa shape index (κ2) is 10.4. The van der Waals surface area contributed by atoms with E-state index in [0.717, 1.165) is 5.56 Å². The summed E-state index contributed by atoms with van der Waals surface area (Å²) < 4.78 is 61.5. The zero-order valence-corrected chi connectivity index (χ0v) is 18.3. The Labute approximate surface area is 176 Å². The van der Waals surface area contributed by atoms with E-state index in [1.165, 1.54) is 0 Å². The van der Waals surface area contributed by atoms with Crippen molar-refractivity contribution in [3.8, 4) is 0 Å². The van der Waals surface area contributed by atoms with Gasteiger partial charge in [-0.15, -0.1) is 0 Å². The molecule has 1 aromatic heterocycles. The Morgan fingerprint density at radius 2 is 1.97 bits per heavy atom. The summed E-state index contributed by atoms with van der Waals surface area (Å²) in [5.41, 5.74) is -4.11. The molecule has 0 spiro atoms. The van der Waals surface area contributed by atoms with Gasteiger partial charge in [0, 0.05) is 51.5 Å². The molecule has 0 bridgehead atoms. The summed E-state index contributed by atoms with van der Waals surface area (Å²) in [6.07, 6.45) is 4.32. The quantitative estimate of drug-likeness (QED) is 0.494. The van der Waals surface area contributed by atoms with Crippen LogP contribution in [0.3, 0.4) is 0 Å². The van der Waals surface area contributed by atoms with Crippen molar-refractivity contribution in [1.82, 2.24) is 19.9 Å². The van der Waals surface area contributed by atoms with Gasteiger partial charge in [0.25, 0.3) is 0 Å². The van der Waals surface area contributed by atoms with E-state index in [4.69, 9.17) is 0 Å². The number of sulfonamides is 1. The molecule has 1 aromatic rings. The van der Waals surface area contributed by atoms with Crippen LogP contribution in [0.25, 0.3) is 0 Å².